The molecule has 0 bridgehead atoms. The summed E-state index contributed by atoms with van der Waals surface area (Å²) in [6.45, 7) is 5.39. The number of ether oxygens (including phenoxy) is 1. The van der Waals surface area contributed by atoms with E-state index in [2.05, 4.69) is 5.32 Å². The van der Waals surface area contributed by atoms with Gasteiger partial charge in [0.2, 0.25) is 0 Å². The van der Waals surface area contributed by atoms with Crippen molar-refractivity contribution >= 4 is 12.0 Å². The average molecular weight is 200 g/mol. The van der Waals surface area contributed by atoms with Gasteiger partial charge < -0.3 is 15.8 Å². The summed E-state index contributed by atoms with van der Waals surface area (Å²) in [6, 6.07) is -0.686. The van der Waals surface area contributed by atoms with E-state index in [1.807, 2.05) is 0 Å². The van der Waals surface area contributed by atoms with Gasteiger partial charge >= 0.3 is 12.0 Å². The van der Waals surface area contributed by atoms with Crippen molar-refractivity contribution in [3.05, 3.63) is 11.8 Å². The van der Waals surface area contributed by atoms with Crippen LogP contribution in [0.4, 0.5) is 4.79 Å². The Balaban J connectivity index is 4.39. The minimum atomic E-state index is -0.686. The Morgan fingerprint density at radius 3 is 2.50 bits per heavy atom. The van der Waals surface area contributed by atoms with Crippen molar-refractivity contribution in [2.24, 2.45) is 11.7 Å². The van der Waals surface area contributed by atoms with Crippen LogP contribution in [0.15, 0.2) is 11.8 Å². The van der Waals surface area contributed by atoms with Crippen LogP contribution in [0.1, 0.15) is 20.8 Å². The molecular weight excluding hydrogens is 184 g/mol. The van der Waals surface area contributed by atoms with E-state index in [9.17, 15) is 9.59 Å². The standard InChI is InChI=1S/C9H16N2O3/c1-4-7(11-9(10)13)6(3)8(12)14-5-2/h4,6H,5H2,1-3H3,(H3,10,11,13). The largest absolute Gasteiger partial charge is 0.465 e. The number of carbonyl (C=O) groups is 2. The van der Waals surface area contributed by atoms with Crippen LogP contribution in [0, 0.1) is 5.92 Å². The summed E-state index contributed by atoms with van der Waals surface area (Å²) in [6.07, 6.45) is 1.62. The van der Waals surface area contributed by atoms with Crippen LogP contribution in [0.25, 0.3) is 0 Å². The highest BCUT2D eigenvalue weighted by Crippen LogP contribution is 2.09. The molecule has 0 fully saturated rings. The van der Waals surface area contributed by atoms with Gasteiger partial charge in [-0.05, 0) is 20.8 Å². The molecule has 0 aromatic carbocycles. The fraction of sp³-hybridized carbons (Fsp3) is 0.556. The highest BCUT2D eigenvalue weighted by Gasteiger charge is 2.19. The SMILES string of the molecule is CC=C(NC(N)=O)C(C)C(=O)OCC. The number of esters is 1. The lowest BCUT2D eigenvalue weighted by molar-refractivity contribution is -0.146. The first-order chi connectivity index (χ1) is 6.52. The van der Waals surface area contributed by atoms with Crippen LogP contribution < -0.4 is 11.1 Å². The summed E-state index contributed by atoms with van der Waals surface area (Å²) in [5, 5.41) is 2.37. The first kappa shape index (κ1) is 12.5. The lowest BCUT2D eigenvalue weighted by Gasteiger charge is -2.14. The quantitative estimate of drug-likeness (QED) is 0.657. The molecule has 5 nitrogen and oxygen atoms in total. The Hall–Kier alpha value is -1.52. The van der Waals surface area contributed by atoms with E-state index >= 15 is 0 Å². The highest BCUT2D eigenvalue weighted by molar-refractivity contribution is 5.79. The molecular formula is C9H16N2O3. The number of allylic oxidation sites excluding steroid dienone is 1. The first-order valence-corrected chi connectivity index (χ1v) is 4.42. The van der Waals surface area contributed by atoms with Crippen molar-refractivity contribution in [2.75, 3.05) is 6.61 Å². The number of carbonyl (C=O) groups excluding carboxylic acids is 2. The predicted octanol–water partition coefficient (Wildman–Crippen LogP) is 0.758. The Bertz CT molecular complexity index is 248. The van der Waals surface area contributed by atoms with Gasteiger partial charge in [0.1, 0.15) is 0 Å². The summed E-state index contributed by atoms with van der Waals surface area (Å²) >= 11 is 0. The summed E-state index contributed by atoms with van der Waals surface area (Å²) in [5.74, 6) is -0.887. The van der Waals surface area contributed by atoms with Crippen LogP contribution in [-0.2, 0) is 9.53 Å². The van der Waals surface area contributed by atoms with Crippen LogP contribution in [0.5, 0.6) is 0 Å². The van der Waals surface area contributed by atoms with E-state index in [1.165, 1.54) is 0 Å². The van der Waals surface area contributed by atoms with Gasteiger partial charge in [0.05, 0.1) is 12.5 Å². The summed E-state index contributed by atoms with van der Waals surface area (Å²) < 4.78 is 4.80. The molecule has 0 saturated heterocycles. The van der Waals surface area contributed by atoms with Gasteiger partial charge in [0.25, 0.3) is 0 Å². The van der Waals surface area contributed by atoms with Crippen molar-refractivity contribution in [2.45, 2.75) is 20.8 Å². The van der Waals surface area contributed by atoms with E-state index in [0.29, 0.717) is 12.3 Å². The van der Waals surface area contributed by atoms with Crippen molar-refractivity contribution in [3.8, 4) is 0 Å². The molecule has 0 spiro atoms. The van der Waals surface area contributed by atoms with Crippen LogP contribution >= 0.6 is 0 Å². The molecule has 0 radical (unpaired) electrons. The molecule has 0 aromatic rings. The fourth-order valence-corrected chi connectivity index (χ4v) is 0.967. The van der Waals surface area contributed by atoms with E-state index in [0.717, 1.165) is 0 Å². The van der Waals surface area contributed by atoms with E-state index < -0.39 is 11.9 Å². The fourth-order valence-electron chi connectivity index (χ4n) is 0.967. The molecule has 0 aromatic heterocycles. The Morgan fingerprint density at radius 1 is 1.57 bits per heavy atom. The second-order valence-corrected chi connectivity index (χ2v) is 2.71. The molecule has 0 rings (SSSR count). The number of nitrogens with one attached hydrogen (secondary N) is 1. The lowest BCUT2D eigenvalue weighted by Crippen LogP contribution is -2.33. The molecule has 0 aliphatic heterocycles. The number of urea groups is 1. The average Bonchev–Trinajstić information content (AvgIpc) is 2.13. The topological polar surface area (TPSA) is 81.4 Å². The number of hydrogen-bond donors (Lipinski definition) is 2. The molecule has 0 aliphatic rings. The maximum Gasteiger partial charge on any atom is 0.316 e. The third-order valence-corrected chi connectivity index (χ3v) is 1.69. The molecule has 80 valence electrons. The van der Waals surface area contributed by atoms with Crippen molar-refractivity contribution in [1.82, 2.24) is 5.32 Å². The molecule has 14 heavy (non-hydrogen) atoms. The Labute approximate surface area is 83.3 Å². The number of rotatable bonds is 4. The first-order valence-electron chi connectivity index (χ1n) is 4.42. The van der Waals surface area contributed by atoms with E-state index in [1.54, 1.807) is 26.8 Å². The molecule has 3 N–H and O–H groups in total. The maximum atomic E-state index is 11.3. The smallest absolute Gasteiger partial charge is 0.316 e. The van der Waals surface area contributed by atoms with Gasteiger partial charge in [-0.2, -0.15) is 0 Å². The Kier molecular flexibility index (Phi) is 5.36. The van der Waals surface area contributed by atoms with Crippen molar-refractivity contribution in [3.63, 3.8) is 0 Å². The maximum absolute atomic E-state index is 11.3. The minimum absolute atomic E-state index is 0.316. The molecule has 2 amide bonds. The summed E-state index contributed by atoms with van der Waals surface area (Å²) in [4.78, 5) is 21.8. The molecule has 0 saturated carbocycles. The van der Waals surface area contributed by atoms with Crippen LogP contribution in [0.2, 0.25) is 0 Å². The van der Waals surface area contributed by atoms with Gasteiger partial charge in [-0.15, -0.1) is 0 Å². The summed E-state index contributed by atoms with van der Waals surface area (Å²) in [5.41, 5.74) is 5.39. The van der Waals surface area contributed by atoms with Crippen LogP contribution in [-0.4, -0.2) is 18.6 Å². The van der Waals surface area contributed by atoms with Crippen molar-refractivity contribution < 1.29 is 14.3 Å². The zero-order valence-corrected chi connectivity index (χ0v) is 8.66. The van der Waals surface area contributed by atoms with Gasteiger partial charge in [-0.3, -0.25) is 4.79 Å². The zero-order valence-electron chi connectivity index (χ0n) is 8.66. The highest BCUT2D eigenvalue weighted by atomic mass is 16.5. The zero-order chi connectivity index (χ0) is 11.1. The van der Waals surface area contributed by atoms with E-state index in [4.69, 9.17) is 10.5 Å². The number of nitrogens with two attached hydrogens (primary N) is 1. The third-order valence-electron chi connectivity index (χ3n) is 1.69. The lowest BCUT2D eigenvalue weighted by atomic mass is 10.1. The molecule has 5 heteroatoms. The number of hydrogen-bond acceptors (Lipinski definition) is 3. The normalized spacial score (nSPS) is 13.2. The second-order valence-electron chi connectivity index (χ2n) is 2.71. The van der Waals surface area contributed by atoms with Gasteiger partial charge in [-0.1, -0.05) is 6.08 Å². The van der Waals surface area contributed by atoms with Gasteiger partial charge in [0, 0.05) is 5.70 Å². The summed E-state index contributed by atoms with van der Waals surface area (Å²) in [7, 11) is 0. The number of amides is 2. The van der Waals surface area contributed by atoms with Crippen LogP contribution in [0.3, 0.4) is 0 Å². The molecule has 1 unspecified atom stereocenters. The second kappa shape index (κ2) is 6.01. The minimum Gasteiger partial charge on any atom is -0.465 e. The molecule has 1 atom stereocenters. The number of primary amides is 1. The molecule has 0 heterocycles. The van der Waals surface area contributed by atoms with Gasteiger partial charge in [0.15, 0.2) is 0 Å². The Morgan fingerprint density at radius 2 is 2.14 bits per heavy atom. The van der Waals surface area contributed by atoms with Gasteiger partial charge in [-0.25, -0.2) is 4.79 Å². The third kappa shape index (κ3) is 3.93. The predicted molar refractivity (Wildman–Crippen MR) is 52.3 cm³/mol. The van der Waals surface area contributed by atoms with E-state index in [-0.39, 0.29) is 5.97 Å². The molecule has 0 aliphatic carbocycles. The van der Waals surface area contributed by atoms with Crippen molar-refractivity contribution in [1.29, 1.82) is 0 Å². The monoisotopic (exact) mass is 200 g/mol.